The van der Waals surface area contributed by atoms with E-state index in [0.717, 1.165) is 39.3 Å². The number of pyridine rings is 1. The Labute approximate surface area is 315 Å². The van der Waals surface area contributed by atoms with E-state index in [1.165, 1.54) is 11.1 Å². The van der Waals surface area contributed by atoms with Crippen LogP contribution in [0.4, 0.5) is 11.4 Å². The molecule has 0 aliphatic carbocycles. The average Bonchev–Trinajstić information content (AvgIpc) is 3.16. The van der Waals surface area contributed by atoms with Gasteiger partial charge in [-0.3, -0.25) is 0 Å². The summed E-state index contributed by atoms with van der Waals surface area (Å²) in [6, 6.07) is 42.7. The molecule has 1 atom stereocenters. The van der Waals surface area contributed by atoms with E-state index in [9.17, 15) is 0 Å². The zero-order chi connectivity index (χ0) is 35.4. The minimum absolute atomic E-state index is 0. The summed E-state index contributed by atoms with van der Waals surface area (Å²) < 4.78 is 0. The van der Waals surface area contributed by atoms with Crippen molar-refractivity contribution in [3.8, 4) is 33.5 Å². The molecule has 0 spiro atoms. The second-order valence-electron chi connectivity index (χ2n) is 11.1. The predicted molar refractivity (Wildman–Crippen MR) is 214 cm³/mol. The molecule has 0 fully saturated rings. The first-order valence-electron chi connectivity index (χ1n) is 16.4. The predicted octanol–water partition coefficient (Wildman–Crippen LogP) is 12.6. The van der Waals surface area contributed by atoms with Crippen molar-refractivity contribution in [2.24, 2.45) is 10.9 Å². The molecule has 0 aliphatic rings. The number of aromatic nitrogens is 1. The van der Waals surface area contributed by atoms with Crippen molar-refractivity contribution in [2.45, 2.75) is 27.7 Å². The van der Waals surface area contributed by atoms with Gasteiger partial charge >= 0.3 is 21.1 Å². The Hall–Kier alpha value is -5.11. The molecule has 5 rings (SSSR count). The van der Waals surface area contributed by atoms with Gasteiger partial charge in [0, 0.05) is 18.9 Å². The van der Waals surface area contributed by atoms with Crippen molar-refractivity contribution in [3.63, 3.8) is 0 Å². The normalized spacial score (nSPS) is 11.3. The Bertz CT molecular complexity index is 1850. The van der Waals surface area contributed by atoms with Crippen molar-refractivity contribution < 1.29 is 21.1 Å². The number of anilines is 2. The van der Waals surface area contributed by atoms with Gasteiger partial charge < -0.3 is 14.9 Å². The fourth-order valence-electron chi connectivity index (χ4n) is 4.86. The molecule has 0 saturated heterocycles. The summed E-state index contributed by atoms with van der Waals surface area (Å²) in [4.78, 5) is 10.2. The SMILES string of the molecule is C=C/C=C(\C)C(C)/C=C\C.C=[C-]C(=C)N(c1[c-]c(-c2cc(-c3ccccc3)ccn2)ccc1)c1ccc(-c2ccccc2)cc1.CC=NC.[Pt+2]. The molecule has 256 valence electrons. The number of hydrogen-bond acceptors (Lipinski definition) is 3. The van der Waals surface area contributed by atoms with Crippen molar-refractivity contribution in [1.82, 2.24) is 4.98 Å². The molecule has 3 nitrogen and oxygen atoms in total. The fraction of sp³-hybridized carbons (Fsp3) is 0.130. The second-order valence-corrected chi connectivity index (χ2v) is 11.1. The molecule has 0 radical (unpaired) electrons. The third-order valence-corrected chi connectivity index (χ3v) is 7.71. The maximum absolute atomic E-state index is 4.62. The van der Waals surface area contributed by atoms with Crippen LogP contribution in [-0.4, -0.2) is 18.2 Å². The molecule has 50 heavy (non-hydrogen) atoms. The van der Waals surface area contributed by atoms with Crippen LogP contribution in [0.3, 0.4) is 0 Å². The van der Waals surface area contributed by atoms with E-state index in [2.05, 4.69) is 122 Å². The molecule has 0 N–H and O–H groups in total. The molecular weight excluding hydrogens is 790 g/mol. The van der Waals surface area contributed by atoms with Crippen molar-refractivity contribution in [1.29, 1.82) is 0 Å². The fourth-order valence-corrected chi connectivity index (χ4v) is 4.86. The van der Waals surface area contributed by atoms with Crippen LogP contribution in [0.1, 0.15) is 27.7 Å². The van der Waals surface area contributed by atoms with Crippen LogP contribution in [0.15, 0.2) is 182 Å². The first-order chi connectivity index (χ1) is 23.9. The van der Waals surface area contributed by atoms with Gasteiger partial charge in [-0.25, -0.2) is 12.7 Å². The molecule has 0 amide bonds. The molecule has 5 aromatic rings. The Morgan fingerprint density at radius 2 is 1.42 bits per heavy atom. The zero-order valence-electron chi connectivity index (χ0n) is 29.8. The number of rotatable bonds is 10. The maximum atomic E-state index is 4.62. The molecule has 0 saturated carbocycles. The molecule has 1 unspecified atom stereocenters. The van der Waals surface area contributed by atoms with E-state index in [1.54, 1.807) is 13.3 Å². The number of allylic oxidation sites excluding steroid dienone is 6. The summed E-state index contributed by atoms with van der Waals surface area (Å²) in [5, 5.41) is 0. The minimum atomic E-state index is 0. The largest absolute Gasteiger partial charge is 2.00 e. The van der Waals surface area contributed by atoms with Crippen LogP contribution < -0.4 is 4.90 Å². The third-order valence-electron chi connectivity index (χ3n) is 7.71. The van der Waals surface area contributed by atoms with Crippen LogP contribution in [0.2, 0.25) is 0 Å². The van der Waals surface area contributed by atoms with Crippen LogP contribution in [0, 0.1) is 18.1 Å². The third kappa shape index (κ3) is 12.4. The Balaban J connectivity index is 0.000000491. The van der Waals surface area contributed by atoms with Crippen molar-refractivity contribution >= 4 is 17.6 Å². The van der Waals surface area contributed by atoms with Gasteiger partial charge in [-0.05, 0) is 84.7 Å². The van der Waals surface area contributed by atoms with Crippen molar-refractivity contribution in [3.05, 3.63) is 189 Å². The van der Waals surface area contributed by atoms with Crippen LogP contribution in [0.5, 0.6) is 0 Å². The second kappa shape index (κ2) is 22.5. The first kappa shape index (κ1) is 41.1. The Kier molecular flexibility index (Phi) is 18.5. The standard InChI is InChI=1S/C33H24N2.C10H16.C3H7N.Pt/c1-3-25(2)35(31-19-17-28(18-20-31)26-11-6-4-7-12-26)32-16-10-15-30(23-32)33-24-29(21-22-34-33)27-13-8-5-9-14-27;1-5-7-9(3)10(4)8-6-2;1-3-4-2;/h4-22,24H,1-2H2;5-8,10H,1H2,2-4H3;3H,1-2H3;/q-2;;;+2/b;8-6-,9-7+;;. The van der Waals surface area contributed by atoms with Gasteiger partial charge in [0.1, 0.15) is 0 Å². The number of hydrogen-bond donors (Lipinski definition) is 0. The summed E-state index contributed by atoms with van der Waals surface area (Å²) in [5.74, 6) is 0.544. The molecule has 0 aliphatic heterocycles. The van der Waals surface area contributed by atoms with E-state index in [0.29, 0.717) is 11.6 Å². The Morgan fingerprint density at radius 3 is 1.96 bits per heavy atom. The smallest absolute Gasteiger partial charge is 0.365 e. The van der Waals surface area contributed by atoms with E-state index in [4.69, 9.17) is 0 Å². The van der Waals surface area contributed by atoms with E-state index < -0.39 is 0 Å². The molecule has 1 heterocycles. The van der Waals surface area contributed by atoms with Gasteiger partial charge in [-0.2, -0.15) is 6.58 Å². The summed E-state index contributed by atoms with van der Waals surface area (Å²) in [7, 11) is 1.75. The van der Waals surface area contributed by atoms with Gasteiger partial charge in [0.25, 0.3) is 0 Å². The van der Waals surface area contributed by atoms with E-state index in [-0.39, 0.29) is 21.1 Å². The first-order valence-corrected chi connectivity index (χ1v) is 16.4. The van der Waals surface area contributed by atoms with Gasteiger partial charge in [0.05, 0.1) is 0 Å². The number of benzene rings is 4. The number of nitrogens with zero attached hydrogens (tertiary/aromatic N) is 3. The zero-order valence-corrected chi connectivity index (χ0v) is 32.1. The summed E-state index contributed by atoms with van der Waals surface area (Å²) in [6.07, 6.45) is 14.7. The van der Waals surface area contributed by atoms with Gasteiger partial charge in [-0.1, -0.05) is 122 Å². The molecule has 4 heteroatoms. The topological polar surface area (TPSA) is 28.5 Å². The minimum Gasteiger partial charge on any atom is -0.365 e. The Morgan fingerprint density at radius 1 is 0.840 bits per heavy atom. The molecule has 1 aromatic heterocycles. The van der Waals surface area contributed by atoms with Crippen molar-refractivity contribution in [2.75, 3.05) is 11.9 Å². The molecule has 4 aromatic carbocycles. The molecular formula is C46H47N3Pt. The van der Waals surface area contributed by atoms with E-state index in [1.807, 2.05) is 97.8 Å². The maximum Gasteiger partial charge on any atom is 2.00 e. The van der Waals surface area contributed by atoms with Crippen LogP contribution in [-0.2, 0) is 21.1 Å². The van der Waals surface area contributed by atoms with Gasteiger partial charge in [0.15, 0.2) is 0 Å². The van der Waals surface area contributed by atoms with Gasteiger partial charge in [0.2, 0.25) is 0 Å². The summed E-state index contributed by atoms with van der Waals surface area (Å²) in [6.45, 7) is 19.9. The van der Waals surface area contributed by atoms with Crippen LogP contribution in [0.25, 0.3) is 33.5 Å². The van der Waals surface area contributed by atoms with Crippen LogP contribution >= 0.6 is 0 Å². The average molecular weight is 837 g/mol. The number of aliphatic imine (C=N–C) groups is 1. The summed E-state index contributed by atoms with van der Waals surface area (Å²) in [5.41, 5.74) is 10.2. The summed E-state index contributed by atoms with van der Waals surface area (Å²) >= 11 is 0. The molecule has 0 bridgehead atoms. The monoisotopic (exact) mass is 836 g/mol. The van der Waals surface area contributed by atoms with E-state index >= 15 is 0 Å². The van der Waals surface area contributed by atoms with Gasteiger partial charge in [-0.15, -0.1) is 35.5 Å². The quantitative estimate of drug-likeness (QED) is 0.0607.